The minimum absolute atomic E-state index is 0.0116. The standard InChI is InChI=1S/C22H27N3O6S/c1-15-17(22(27)24-10-12-30-13-11-24)6-5-7-18(15)23-21(26)19-14-20(16(2)31-19)32(28,29)25-8-3-4-9-25/h5-7,14H,3-4,8-13H2,1-2H3,(H,23,26). The van der Waals surface area contributed by atoms with Gasteiger partial charge in [0.2, 0.25) is 10.0 Å². The molecule has 1 N–H and O–H groups in total. The Labute approximate surface area is 187 Å². The van der Waals surface area contributed by atoms with Crippen LogP contribution in [0.15, 0.2) is 33.6 Å². The molecule has 2 saturated heterocycles. The first-order chi connectivity index (χ1) is 15.3. The topological polar surface area (TPSA) is 109 Å². The van der Waals surface area contributed by atoms with Gasteiger partial charge in [0.05, 0.1) is 13.2 Å². The van der Waals surface area contributed by atoms with Crippen molar-refractivity contribution >= 4 is 27.5 Å². The van der Waals surface area contributed by atoms with Crippen molar-refractivity contribution in [3.63, 3.8) is 0 Å². The summed E-state index contributed by atoms with van der Waals surface area (Å²) >= 11 is 0. The Balaban J connectivity index is 1.54. The van der Waals surface area contributed by atoms with E-state index in [9.17, 15) is 18.0 Å². The van der Waals surface area contributed by atoms with E-state index in [0.717, 1.165) is 12.8 Å². The molecule has 0 radical (unpaired) electrons. The lowest BCUT2D eigenvalue weighted by Crippen LogP contribution is -2.41. The number of rotatable bonds is 5. The Kier molecular flexibility index (Phi) is 6.36. The summed E-state index contributed by atoms with van der Waals surface area (Å²) in [6.07, 6.45) is 1.64. The summed E-state index contributed by atoms with van der Waals surface area (Å²) in [4.78, 5) is 27.5. The maximum atomic E-state index is 12.9. The molecule has 0 bridgehead atoms. The van der Waals surface area contributed by atoms with Crippen LogP contribution in [0, 0.1) is 13.8 Å². The van der Waals surface area contributed by atoms with Crippen LogP contribution in [0.25, 0.3) is 0 Å². The summed E-state index contributed by atoms with van der Waals surface area (Å²) in [5.41, 5.74) is 1.59. The van der Waals surface area contributed by atoms with Crippen LogP contribution < -0.4 is 5.32 Å². The first kappa shape index (κ1) is 22.5. The lowest BCUT2D eigenvalue weighted by molar-refractivity contribution is 0.0302. The van der Waals surface area contributed by atoms with Crippen molar-refractivity contribution in [3.05, 3.63) is 46.9 Å². The number of hydrogen-bond donors (Lipinski definition) is 1. The van der Waals surface area contributed by atoms with Gasteiger partial charge in [0.25, 0.3) is 11.8 Å². The van der Waals surface area contributed by atoms with Crippen molar-refractivity contribution in [2.24, 2.45) is 0 Å². The summed E-state index contributed by atoms with van der Waals surface area (Å²) in [6.45, 7) is 6.29. The van der Waals surface area contributed by atoms with Crippen LogP contribution >= 0.6 is 0 Å². The van der Waals surface area contributed by atoms with Gasteiger partial charge in [0, 0.05) is 43.5 Å². The maximum absolute atomic E-state index is 12.9. The second kappa shape index (κ2) is 9.05. The van der Waals surface area contributed by atoms with Crippen LogP contribution in [0.3, 0.4) is 0 Å². The van der Waals surface area contributed by atoms with Crippen LogP contribution in [0.5, 0.6) is 0 Å². The molecule has 0 saturated carbocycles. The predicted octanol–water partition coefficient (Wildman–Crippen LogP) is 2.41. The van der Waals surface area contributed by atoms with E-state index in [1.165, 1.54) is 17.3 Å². The van der Waals surface area contributed by atoms with Gasteiger partial charge in [0.1, 0.15) is 10.7 Å². The van der Waals surface area contributed by atoms with Crippen LogP contribution in [0.2, 0.25) is 0 Å². The molecule has 3 heterocycles. The van der Waals surface area contributed by atoms with Crippen molar-refractivity contribution in [3.8, 4) is 0 Å². The van der Waals surface area contributed by atoms with Crippen molar-refractivity contribution in [2.45, 2.75) is 31.6 Å². The number of nitrogens with zero attached hydrogens (tertiary/aromatic N) is 2. The molecule has 0 spiro atoms. The molecule has 32 heavy (non-hydrogen) atoms. The van der Waals surface area contributed by atoms with E-state index in [-0.39, 0.29) is 22.3 Å². The third-order valence-corrected chi connectivity index (χ3v) is 7.90. The highest BCUT2D eigenvalue weighted by Gasteiger charge is 2.32. The highest BCUT2D eigenvalue weighted by molar-refractivity contribution is 7.89. The zero-order chi connectivity index (χ0) is 22.9. The number of benzene rings is 1. The van der Waals surface area contributed by atoms with Crippen molar-refractivity contribution in [1.82, 2.24) is 9.21 Å². The van der Waals surface area contributed by atoms with Gasteiger partial charge in [-0.15, -0.1) is 0 Å². The van der Waals surface area contributed by atoms with Crippen molar-refractivity contribution in [2.75, 3.05) is 44.7 Å². The van der Waals surface area contributed by atoms with Crippen molar-refractivity contribution in [1.29, 1.82) is 0 Å². The summed E-state index contributed by atoms with van der Waals surface area (Å²) < 4.78 is 37.9. The Hall–Kier alpha value is -2.69. The Morgan fingerprint density at radius 2 is 1.72 bits per heavy atom. The number of furan rings is 1. The maximum Gasteiger partial charge on any atom is 0.291 e. The van der Waals surface area contributed by atoms with Crippen LogP contribution in [-0.2, 0) is 14.8 Å². The van der Waals surface area contributed by atoms with E-state index >= 15 is 0 Å². The first-order valence-corrected chi connectivity index (χ1v) is 12.1. The van der Waals surface area contributed by atoms with Crippen molar-refractivity contribution < 1.29 is 27.2 Å². The number of morpholine rings is 1. The summed E-state index contributed by atoms with van der Waals surface area (Å²) in [7, 11) is -3.69. The number of anilines is 1. The fraction of sp³-hybridized carbons (Fsp3) is 0.455. The van der Waals surface area contributed by atoms with Gasteiger partial charge in [-0.3, -0.25) is 9.59 Å². The monoisotopic (exact) mass is 461 g/mol. The molecule has 172 valence electrons. The number of carbonyl (C=O) groups excluding carboxylic acids is 2. The third-order valence-electron chi connectivity index (χ3n) is 5.89. The average Bonchev–Trinajstić information content (AvgIpc) is 3.46. The summed E-state index contributed by atoms with van der Waals surface area (Å²) in [5.74, 6) is -0.607. The Bertz CT molecular complexity index is 1130. The van der Waals surface area contributed by atoms with Crippen LogP contribution in [0.1, 0.15) is 45.1 Å². The molecule has 2 aliphatic heterocycles. The average molecular weight is 462 g/mol. The number of nitrogens with one attached hydrogen (secondary N) is 1. The van der Waals surface area contributed by atoms with E-state index in [2.05, 4.69) is 5.32 Å². The van der Waals surface area contributed by atoms with E-state index in [4.69, 9.17) is 9.15 Å². The van der Waals surface area contributed by atoms with E-state index < -0.39 is 15.9 Å². The number of carbonyl (C=O) groups is 2. The fourth-order valence-corrected chi connectivity index (χ4v) is 5.70. The lowest BCUT2D eigenvalue weighted by Gasteiger charge is -2.27. The molecular formula is C22H27N3O6S. The summed E-state index contributed by atoms with van der Waals surface area (Å²) in [5, 5.41) is 2.75. The van der Waals surface area contributed by atoms with Crippen LogP contribution in [-0.4, -0.2) is 68.8 Å². The van der Waals surface area contributed by atoms with E-state index in [1.54, 1.807) is 30.0 Å². The zero-order valence-electron chi connectivity index (χ0n) is 18.2. The highest BCUT2D eigenvalue weighted by Crippen LogP contribution is 2.27. The summed E-state index contributed by atoms with van der Waals surface area (Å²) in [6, 6.07) is 6.39. The number of hydrogen-bond acceptors (Lipinski definition) is 6. The number of amides is 2. The number of sulfonamides is 1. The molecule has 2 fully saturated rings. The van der Waals surface area contributed by atoms with Gasteiger partial charge in [-0.05, 0) is 44.4 Å². The van der Waals surface area contributed by atoms with Gasteiger partial charge in [0.15, 0.2) is 5.76 Å². The fourth-order valence-electron chi connectivity index (χ4n) is 4.02. The minimum atomic E-state index is -3.69. The smallest absolute Gasteiger partial charge is 0.291 e. The van der Waals surface area contributed by atoms with Gasteiger partial charge in [-0.2, -0.15) is 4.31 Å². The van der Waals surface area contributed by atoms with Gasteiger partial charge >= 0.3 is 0 Å². The molecule has 9 nitrogen and oxygen atoms in total. The van der Waals surface area contributed by atoms with E-state index in [0.29, 0.717) is 56.2 Å². The normalized spacial score (nSPS) is 17.5. The molecular weight excluding hydrogens is 434 g/mol. The van der Waals surface area contributed by atoms with E-state index in [1.807, 2.05) is 0 Å². The largest absolute Gasteiger partial charge is 0.455 e. The molecule has 1 aromatic heterocycles. The highest BCUT2D eigenvalue weighted by atomic mass is 32.2. The SMILES string of the molecule is Cc1oc(C(=O)Nc2cccc(C(=O)N3CCOCC3)c2C)cc1S(=O)(=O)N1CCCC1. The predicted molar refractivity (Wildman–Crippen MR) is 117 cm³/mol. The van der Waals surface area contributed by atoms with Gasteiger partial charge in [-0.1, -0.05) is 6.07 Å². The number of aryl methyl sites for hydroxylation is 1. The van der Waals surface area contributed by atoms with Gasteiger partial charge < -0.3 is 19.4 Å². The second-order valence-corrected chi connectivity index (χ2v) is 9.89. The number of ether oxygens (including phenoxy) is 1. The first-order valence-electron chi connectivity index (χ1n) is 10.7. The lowest BCUT2D eigenvalue weighted by atomic mass is 10.0. The molecule has 10 heteroatoms. The molecule has 2 aromatic rings. The molecule has 0 unspecified atom stereocenters. The Morgan fingerprint density at radius 1 is 1.03 bits per heavy atom. The molecule has 2 aliphatic rings. The molecule has 4 rings (SSSR count). The zero-order valence-corrected chi connectivity index (χ0v) is 19.0. The third kappa shape index (κ3) is 4.30. The van der Waals surface area contributed by atoms with Gasteiger partial charge in [-0.25, -0.2) is 8.42 Å². The molecule has 2 amide bonds. The minimum Gasteiger partial charge on any atom is -0.455 e. The molecule has 0 atom stereocenters. The Morgan fingerprint density at radius 3 is 2.41 bits per heavy atom. The molecule has 0 aliphatic carbocycles. The second-order valence-electron chi connectivity index (χ2n) is 7.98. The molecule has 1 aromatic carbocycles. The quantitative estimate of drug-likeness (QED) is 0.732. The van der Waals surface area contributed by atoms with Crippen LogP contribution in [0.4, 0.5) is 5.69 Å².